The lowest BCUT2D eigenvalue weighted by atomic mass is 9.82. The Morgan fingerprint density at radius 1 is 0.472 bits per heavy atom. The normalized spacial score (nSPS) is 15.5. The van der Waals surface area contributed by atoms with E-state index in [9.17, 15) is 0 Å². The van der Waals surface area contributed by atoms with Crippen LogP contribution in [0.5, 0.6) is 0 Å². The number of benzene rings is 7. The Labute approximate surface area is 311 Å². The fourth-order valence-electron chi connectivity index (χ4n) is 8.92. The summed E-state index contributed by atoms with van der Waals surface area (Å²) in [6.07, 6.45) is 6.99. The van der Waals surface area contributed by atoms with E-state index in [0.717, 1.165) is 41.3 Å². The number of para-hydroxylation sites is 4. The highest BCUT2D eigenvalue weighted by Gasteiger charge is 2.37. The molecule has 0 spiro atoms. The first-order chi connectivity index (χ1) is 26.1. The minimum Gasteiger partial charge on any atom is -0.333 e. The number of fused-ring (bicyclic) bond motifs is 6. The SMILES string of the molecule is CC1(C)c2cc(N(c3ccccc3)c3ccccc3)ccc2-c2cc3c(cc21)c1cc(N(c2ccccc2)c2ccccc2)ccc1n3C1C=CCC1. The number of aromatic nitrogens is 1. The standard InChI is InChI=1S/C50H41N3/c1-50(2)46-32-41(52(37-21-11-5-12-22-37)38-23-13-6-14-24-38)27-29-42(46)43-34-49-45(33-47(43)50)44-31-40(28-30-48(44)53(49)39-25-15-16-26-39)51(35-17-7-3-8-18-35)36-19-9-4-10-20-36/h3-15,17-25,27-34,39H,16,26H2,1-2H3. The molecule has 1 aromatic heterocycles. The lowest BCUT2D eigenvalue weighted by Crippen LogP contribution is -2.16. The van der Waals surface area contributed by atoms with Crippen LogP contribution in [0.4, 0.5) is 34.1 Å². The largest absolute Gasteiger partial charge is 0.333 e. The Hall–Kier alpha value is -6.32. The topological polar surface area (TPSA) is 11.4 Å². The first-order valence-corrected chi connectivity index (χ1v) is 18.8. The van der Waals surface area contributed by atoms with Crippen molar-refractivity contribution >= 4 is 55.9 Å². The van der Waals surface area contributed by atoms with Crippen LogP contribution in [0, 0.1) is 0 Å². The van der Waals surface area contributed by atoms with E-state index in [1.165, 1.54) is 49.7 Å². The van der Waals surface area contributed by atoms with Crippen molar-refractivity contribution in [1.82, 2.24) is 4.57 Å². The van der Waals surface area contributed by atoms with E-state index in [1.807, 2.05) is 0 Å². The van der Waals surface area contributed by atoms with E-state index in [2.05, 4.69) is 210 Å². The van der Waals surface area contributed by atoms with Crippen LogP contribution in [0.3, 0.4) is 0 Å². The Kier molecular flexibility index (Phi) is 7.36. The van der Waals surface area contributed by atoms with Gasteiger partial charge in [0.25, 0.3) is 0 Å². The second-order valence-electron chi connectivity index (χ2n) is 14.9. The monoisotopic (exact) mass is 683 g/mol. The molecule has 1 unspecified atom stereocenters. The molecule has 0 bridgehead atoms. The first kappa shape index (κ1) is 31.4. The van der Waals surface area contributed by atoms with Crippen molar-refractivity contribution in [2.75, 3.05) is 9.80 Å². The molecule has 0 aliphatic heterocycles. The van der Waals surface area contributed by atoms with Crippen molar-refractivity contribution in [1.29, 1.82) is 0 Å². The second kappa shape index (κ2) is 12.4. The number of hydrogen-bond acceptors (Lipinski definition) is 2. The Morgan fingerprint density at radius 3 is 1.49 bits per heavy atom. The lowest BCUT2D eigenvalue weighted by Gasteiger charge is -2.28. The van der Waals surface area contributed by atoms with Crippen LogP contribution in [0.2, 0.25) is 0 Å². The van der Waals surface area contributed by atoms with Crippen LogP contribution in [0.15, 0.2) is 182 Å². The Morgan fingerprint density at radius 2 is 0.962 bits per heavy atom. The van der Waals surface area contributed by atoms with Gasteiger partial charge in [-0.15, -0.1) is 0 Å². The molecule has 0 radical (unpaired) electrons. The average molecular weight is 684 g/mol. The van der Waals surface area contributed by atoms with Crippen molar-refractivity contribution in [2.45, 2.75) is 38.1 Å². The van der Waals surface area contributed by atoms with Gasteiger partial charge in [-0.2, -0.15) is 0 Å². The van der Waals surface area contributed by atoms with Gasteiger partial charge in [0.2, 0.25) is 0 Å². The summed E-state index contributed by atoms with van der Waals surface area (Å²) in [4.78, 5) is 4.74. The van der Waals surface area contributed by atoms with Crippen LogP contribution in [0.1, 0.15) is 43.9 Å². The molecule has 2 aliphatic carbocycles. The third-order valence-electron chi connectivity index (χ3n) is 11.5. The molecule has 0 amide bonds. The van der Waals surface area contributed by atoms with Crippen molar-refractivity contribution in [3.63, 3.8) is 0 Å². The number of anilines is 6. The Bertz CT molecular complexity index is 2560. The summed E-state index contributed by atoms with van der Waals surface area (Å²) >= 11 is 0. The highest BCUT2D eigenvalue weighted by molar-refractivity contribution is 6.12. The molecule has 0 N–H and O–H groups in total. The molecule has 0 saturated heterocycles. The summed E-state index contributed by atoms with van der Waals surface area (Å²) in [5.41, 5.74) is 14.8. The summed E-state index contributed by atoms with van der Waals surface area (Å²) in [5.74, 6) is 0. The van der Waals surface area contributed by atoms with Crippen molar-refractivity contribution < 1.29 is 0 Å². The zero-order chi connectivity index (χ0) is 35.5. The van der Waals surface area contributed by atoms with E-state index in [0.29, 0.717) is 6.04 Å². The molecule has 256 valence electrons. The number of hydrogen-bond donors (Lipinski definition) is 0. The third kappa shape index (κ3) is 5.10. The third-order valence-corrected chi connectivity index (χ3v) is 11.5. The van der Waals surface area contributed by atoms with Gasteiger partial charge in [0.1, 0.15) is 0 Å². The fourth-order valence-corrected chi connectivity index (χ4v) is 8.92. The summed E-state index contributed by atoms with van der Waals surface area (Å²) < 4.78 is 2.61. The maximum absolute atomic E-state index is 2.61. The van der Waals surface area contributed by atoms with Crippen molar-refractivity contribution in [2.24, 2.45) is 0 Å². The van der Waals surface area contributed by atoms with Crippen LogP contribution in [0.25, 0.3) is 32.9 Å². The van der Waals surface area contributed by atoms with Gasteiger partial charge in [-0.25, -0.2) is 0 Å². The van der Waals surface area contributed by atoms with Crippen LogP contribution >= 0.6 is 0 Å². The molecule has 2 aliphatic rings. The molecule has 8 aromatic rings. The molecule has 3 heteroatoms. The van der Waals surface area contributed by atoms with Crippen LogP contribution < -0.4 is 9.80 Å². The van der Waals surface area contributed by atoms with Gasteiger partial charge < -0.3 is 14.4 Å². The van der Waals surface area contributed by atoms with Gasteiger partial charge in [0.05, 0.1) is 11.6 Å². The molecule has 1 atom stereocenters. The molecule has 3 nitrogen and oxygen atoms in total. The minimum atomic E-state index is -0.187. The predicted octanol–water partition coefficient (Wildman–Crippen LogP) is 13.9. The fraction of sp³-hybridized carbons (Fsp3) is 0.120. The lowest BCUT2D eigenvalue weighted by molar-refractivity contribution is 0.627. The predicted molar refractivity (Wildman–Crippen MR) is 224 cm³/mol. The van der Waals surface area contributed by atoms with Gasteiger partial charge in [-0.05, 0) is 126 Å². The summed E-state index contributed by atoms with van der Waals surface area (Å²) in [6.45, 7) is 4.80. The van der Waals surface area contributed by atoms with E-state index >= 15 is 0 Å². The summed E-state index contributed by atoms with van der Waals surface area (Å²) in [7, 11) is 0. The maximum Gasteiger partial charge on any atom is 0.0525 e. The van der Waals surface area contributed by atoms with Crippen LogP contribution in [-0.2, 0) is 5.41 Å². The van der Waals surface area contributed by atoms with Crippen molar-refractivity contribution in [3.8, 4) is 11.1 Å². The molecule has 1 heterocycles. The average Bonchev–Trinajstić information content (AvgIpc) is 3.90. The minimum absolute atomic E-state index is 0.187. The van der Waals surface area contributed by atoms with Gasteiger partial charge in [0, 0.05) is 55.8 Å². The first-order valence-electron chi connectivity index (χ1n) is 18.8. The molecular weight excluding hydrogens is 643 g/mol. The highest BCUT2D eigenvalue weighted by Crippen LogP contribution is 2.53. The van der Waals surface area contributed by atoms with E-state index in [1.54, 1.807) is 0 Å². The Balaban J connectivity index is 1.17. The smallest absolute Gasteiger partial charge is 0.0525 e. The quantitative estimate of drug-likeness (QED) is 0.155. The van der Waals surface area contributed by atoms with Crippen molar-refractivity contribution in [3.05, 3.63) is 193 Å². The van der Waals surface area contributed by atoms with E-state index in [4.69, 9.17) is 0 Å². The molecular formula is C50H41N3. The molecule has 0 fully saturated rings. The van der Waals surface area contributed by atoms with Gasteiger partial charge in [-0.3, -0.25) is 0 Å². The molecule has 7 aromatic carbocycles. The van der Waals surface area contributed by atoms with Crippen LogP contribution in [-0.4, -0.2) is 4.57 Å². The summed E-state index contributed by atoms with van der Waals surface area (Å²) in [5, 5.41) is 2.61. The molecule has 53 heavy (non-hydrogen) atoms. The van der Waals surface area contributed by atoms with Gasteiger partial charge >= 0.3 is 0 Å². The van der Waals surface area contributed by atoms with E-state index < -0.39 is 0 Å². The number of rotatable bonds is 7. The highest BCUT2D eigenvalue weighted by atomic mass is 15.1. The summed E-state index contributed by atoms with van der Waals surface area (Å²) in [6, 6.07) is 62.4. The zero-order valence-corrected chi connectivity index (χ0v) is 30.2. The van der Waals surface area contributed by atoms with E-state index in [-0.39, 0.29) is 5.41 Å². The second-order valence-corrected chi connectivity index (χ2v) is 14.9. The maximum atomic E-state index is 2.61. The number of allylic oxidation sites excluding steroid dienone is 2. The van der Waals surface area contributed by atoms with Gasteiger partial charge in [0.15, 0.2) is 0 Å². The number of nitrogens with zero attached hydrogens (tertiary/aromatic N) is 3. The van der Waals surface area contributed by atoms with Gasteiger partial charge in [-0.1, -0.05) is 105 Å². The molecule has 0 saturated carbocycles. The molecule has 10 rings (SSSR count). The zero-order valence-electron chi connectivity index (χ0n) is 30.2.